The molecule has 3 N–H and O–H groups in total. The highest BCUT2D eigenvalue weighted by atomic mass is 16.6. The van der Waals surface area contributed by atoms with Crippen molar-refractivity contribution in [2.75, 3.05) is 0 Å². The van der Waals surface area contributed by atoms with E-state index >= 15 is 0 Å². The van der Waals surface area contributed by atoms with Gasteiger partial charge in [0.05, 0.1) is 0 Å². The SMILES string of the molecule is CC(OC(=O)[C@@H](N)Cc1ccccc1)C(=O)O. The van der Waals surface area contributed by atoms with Gasteiger partial charge in [0.2, 0.25) is 0 Å². The molecule has 92 valence electrons. The predicted octanol–water partition coefficient (Wildman–Crippen LogP) is 0.573. The van der Waals surface area contributed by atoms with Crippen molar-refractivity contribution < 1.29 is 19.4 Å². The van der Waals surface area contributed by atoms with Crippen LogP contribution in [0.4, 0.5) is 0 Å². The molecule has 0 fully saturated rings. The highest BCUT2D eigenvalue weighted by Crippen LogP contribution is 2.04. The van der Waals surface area contributed by atoms with E-state index in [9.17, 15) is 9.59 Å². The van der Waals surface area contributed by atoms with Crippen LogP contribution in [-0.4, -0.2) is 29.2 Å². The van der Waals surface area contributed by atoms with Crippen molar-refractivity contribution in [3.05, 3.63) is 35.9 Å². The average Bonchev–Trinajstić information content (AvgIpc) is 2.29. The van der Waals surface area contributed by atoms with Gasteiger partial charge in [0.15, 0.2) is 6.10 Å². The molecule has 0 heterocycles. The van der Waals surface area contributed by atoms with Gasteiger partial charge in [0.25, 0.3) is 0 Å². The number of aliphatic carboxylic acids is 1. The molecule has 0 aromatic heterocycles. The summed E-state index contributed by atoms with van der Waals surface area (Å²) < 4.78 is 4.68. The molecule has 1 aromatic rings. The van der Waals surface area contributed by atoms with Crippen molar-refractivity contribution in [1.82, 2.24) is 0 Å². The topological polar surface area (TPSA) is 89.6 Å². The number of rotatable bonds is 5. The lowest BCUT2D eigenvalue weighted by Crippen LogP contribution is -2.37. The summed E-state index contributed by atoms with van der Waals surface area (Å²) in [6, 6.07) is 8.38. The predicted molar refractivity (Wildman–Crippen MR) is 61.3 cm³/mol. The van der Waals surface area contributed by atoms with E-state index in [1.807, 2.05) is 30.3 Å². The smallest absolute Gasteiger partial charge is 0.344 e. The van der Waals surface area contributed by atoms with Gasteiger partial charge in [0.1, 0.15) is 6.04 Å². The maximum absolute atomic E-state index is 11.5. The summed E-state index contributed by atoms with van der Waals surface area (Å²) >= 11 is 0. The first-order valence-corrected chi connectivity index (χ1v) is 5.23. The number of benzene rings is 1. The molecule has 2 atom stereocenters. The Bertz CT molecular complexity index is 391. The number of carboxylic acids is 1. The van der Waals surface area contributed by atoms with Crippen molar-refractivity contribution in [2.45, 2.75) is 25.5 Å². The molecule has 1 aromatic carbocycles. The summed E-state index contributed by atoms with van der Waals surface area (Å²) in [6.45, 7) is 1.29. The van der Waals surface area contributed by atoms with Gasteiger partial charge in [-0.05, 0) is 18.9 Å². The zero-order valence-corrected chi connectivity index (χ0v) is 9.50. The quantitative estimate of drug-likeness (QED) is 0.731. The second kappa shape index (κ2) is 6.00. The number of carbonyl (C=O) groups excluding carboxylic acids is 1. The molecule has 17 heavy (non-hydrogen) atoms. The zero-order valence-electron chi connectivity index (χ0n) is 9.50. The van der Waals surface area contributed by atoms with Crippen molar-refractivity contribution in [3.8, 4) is 0 Å². The van der Waals surface area contributed by atoms with Crippen molar-refractivity contribution in [2.24, 2.45) is 5.73 Å². The van der Waals surface area contributed by atoms with E-state index in [0.717, 1.165) is 5.56 Å². The van der Waals surface area contributed by atoms with E-state index < -0.39 is 24.1 Å². The minimum Gasteiger partial charge on any atom is -0.479 e. The van der Waals surface area contributed by atoms with Gasteiger partial charge in [0, 0.05) is 0 Å². The van der Waals surface area contributed by atoms with Crippen molar-refractivity contribution >= 4 is 11.9 Å². The Morgan fingerprint density at radius 3 is 2.47 bits per heavy atom. The van der Waals surface area contributed by atoms with Crippen molar-refractivity contribution in [1.29, 1.82) is 0 Å². The maximum atomic E-state index is 11.5. The van der Waals surface area contributed by atoms with Crippen molar-refractivity contribution in [3.63, 3.8) is 0 Å². The van der Waals surface area contributed by atoms with Gasteiger partial charge in [-0.3, -0.25) is 4.79 Å². The molecule has 5 nitrogen and oxygen atoms in total. The number of carboxylic acid groups (broad SMARTS) is 1. The normalized spacial score (nSPS) is 13.8. The van der Waals surface area contributed by atoms with Crippen LogP contribution in [-0.2, 0) is 20.7 Å². The molecule has 0 radical (unpaired) electrons. The third kappa shape index (κ3) is 4.24. The van der Waals surface area contributed by atoms with E-state index in [1.54, 1.807) is 0 Å². The standard InChI is InChI=1S/C12H15NO4/c1-8(11(14)15)17-12(16)10(13)7-9-5-3-2-4-6-9/h2-6,8,10H,7,13H2,1H3,(H,14,15)/t8?,10-/m0/s1. The van der Waals surface area contributed by atoms with Crippen LogP contribution in [0.3, 0.4) is 0 Å². The summed E-state index contributed by atoms with van der Waals surface area (Å²) in [7, 11) is 0. The summed E-state index contributed by atoms with van der Waals surface area (Å²) in [5.74, 6) is -1.89. The Balaban J connectivity index is 2.50. The lowest BCUT2D eigenvalue weighted by atomic mass is 10.1. The number of ether oxygens (including phenoxy) is 1. The van der Waals surface area contributed by atoms with Crippen LogP contribution in [0.15, 0.2) is 30.3 Å². The summed E-state index contributed by atoms with van der Waals surface area (Å²) in [5, 5.41) is 8.58. The molecule has 1 rings (SSSR count). The molecule has 0 aliphatic carbocycles. The Morgan fingerprint density at radius 2 is 1.94 bits per heavy atom. The largest absolute Gasteiger partial charge is 0.479 e. The Morgan fingerprint density at radius 1 is 1.35 bits per heavy atom. The summed E-state index contributed by atoms with van der Waals surface area (Å²) in [5.41, 5.74) is 6.53. The maximum Gasteiger partial charge on any atom is 0.344 e. The fourth-order valence-corrected chi connectivity index (χ4v) is 1.26. The minimum atomic E-state index is -1.19. The Hall–Kier alpha value is -1.88. The first kappa shape index (κ1) is 13.2. The number of hydrogen-bond acceptors (Lipinski definition) is 4. The average molecular weight is 237 g/mol. The van der Waals surface area contributed by atoms with Crippen LogP contribution in [0.25, 0.3) is 0 Å². The molecule has 5 heteroatoms. The van der Waals surface area contributed by atoms with Crippen LogP contribution in [0.1, 0.15) is 12.5 Å². The first-order chi connectivity index (χ1) is 8.00. The second-order valence-corrected chi connectivity index (χ2v) is 3.71. The molecular formula is C12H15NO4. The molecule has 0 aliphatic rings. The minimum absolute atomic E-state index is 0.325. The zero-order chi connectivity index (χ0) is 12.8. The molecule has 0 bridgehead atoms. The molecule has 0 saturated heterocycles. The van der Waals surface area contributed by atoms with Gasteiger partial charge in [-0.15, -0.1) is 0 Å². The highest BCUT2D eigenvalue weighted by molar-refractivity contribution is 5.80. The monoisotopic (exact) mass is 237 g/mol. The third-order valence-corrected chi connectivity index (χ3v) is 2.24. The van der Waals surface area contributed by atoms with Crippen LogP contribution < -0.4 is 5.73 Å². The number of esters is 1. The third-order valence-electron chi connectivity index (χ3n) is 2.24. The van der Waals surface area contributed by atoms with E-state index in [-0.39, 0.29) is 0 Å². The molecule has 0 amide bonds. The Labute approximate surface area is 99.2 Å². The first-order valence-electron chi connectivity index (χ1n) is 5.23. The molecule has 0 spiro atoms. The molecule has 0 aliphatic heterocycles. The van der Waals surface area contributed by atoms with Crippen LogP contribution in [0.2, 0.25) is 0 Å². The Kier molecular flexibility index (Phi) is 4.66. The van der Waals surface area contributed by atoms with Gasteiger partial charge in [-0.25, -0.2) is 4.79 Å². The van der Waals surface area contributed by atoms with E-state index in [0.29, 0.717) is 6.42 Å². The molecule has 1 unspecified atom stereocenters. The van der Waals surface area contributed by atoms with E-state index in [1.165, 1.54) is 6.92 Å². The van der Waals surface area contributed by atoms with Crippen LogP contribution in [0, 0.1) is 0 Å². The fraction of sp³-hybridized carbons (Fsp3) is 0.333. The number of hydrogen-bond donors (Lipinski definition) is 2. The number of carbonyl (C=O) groups is 2. The van der Waals surface area contributed by atoms with E-state index in [2.05, 4.69) is 4.74 Å². The van der Waals surface area contributed by atoms with Gasteiger partial charge in [-0.2, -0.15) is 0 Å². The van der Waals surface area contributed by atoms with E-state index in [4.69, 9.17) is 10.8 Å². The van der Waals surface area contributed by atoms with Crippen LogP contribution >= 0.6 is 0 Å². The fourth-order valence-electron chi connectivity index (χ4n) is 1.26. The second-order valence-electron chi connectivity index (χ2n) is 3.71. The summed E-state index contributed by atoms with van der Waals surface area (Å²) in [4.78, 5) is 21.9. The molecule has 0 saturated carbocycles. The van der Waals surface area contributed by atoms with Gasteiger partial charge < -0.3 is 15.6 Å². The number of nitrogens with two attached hydrogens (primary N) is 1. The van der Waals surface area contributed by atoms with Gasteiger partial charge >= 0.3 is 11.9 Å². The van der Waals surface area contributed by atoms with Gasteiger partial charge in [-0.1, -0.05) is 30.3 Å². The highest BCUT2D eigenvalue weighted by Gasteiger charge is 2.21. The lowest BCUT2D eigenvalue weighted by molar-refractivity contribution is -0.163. The van der Waals surface area contributed by atoms with Crippen LogP contribution in [0.5, 0.6) is 0 Å². The lowest BCUT2D eigenvalue weighted by Gasteiger charge is -2.13. The molecular weight excluding hydrogens is 222 g/mol. The summed E-state index contributed by atoms with van der Waals surface area (Å²) in [6.07, 6.45) is -0.851.